The summed E-state index contributed by atoms with van der Waals surface area (Å²) >= 11 is 0. The van der Waals surface area contributed by atoms with Crippen molar-refractivity contribution in [3.63, 3.8) is 0 Å². The number of esters is 1. The van der Waals surface area contributed by atoms with Crippen LogP contribution >= 0.6 is 0 Å². The van der Waals surface area contributed by atoms with Crippen LogP contribution in [-0.2, 0) is 35.9 Å². The zero-order chi connectivity index (χ0) is 44.8. The Balaban J connectivity index is 1.36. The number of nitrogens with one attached hydrogen (secondary N) is 2. The molecule has 7 rings (SSSR count). The zero-order valence-electron chi connectivity index (χ0n) is 34.8. The second-order valence-corrected chi connectivity index (χ2v) is 14.7. The Kier molecular flexibility index (Phi) is 13.0. The second kappa shape index (κ2) is 18.7. The van der Waals surface area contributed by atoms with Crippen molar-refractivity contribution in [3.8, 4) is 11.5 Å². The van der Waals surface area contributed by atoms with Crippen molar-refractivity contribution in [2.75, 3.05) is 20.8 Å². The highest BCUT2D eigenvalue weighted by atomic mass is 16.6. The molecule has 3 aromatic heterocycles. The van der Waals surface area contributed by atoms with Gasteiger partial charge in [-0.2, -0.15) is 0 Å². The van der Waals surface area contributed by atoms with E-state index in [-0.39, 0.29) is 17.6 Å². The molecule has 0 spiro atoms. The lowest BCUT2D eigenvalue weighted by molar-refractivity contribution is -0.158. The predicted molar refractivity (Wildman–Crippen MR) is 228 cm³/mol. The standard InChI is InChI=1S/C46H45N5O12/c1-5-50-25-34(40(56)33-20-11-27(2)47-42(33)50)43(57)49-39-41(63-38(55)22-21-37(53)54)35(62-44(39)51-24-23-36(52)48-45(51)58)26-61-46(28-9-7-6-8-10-28,29-12-16-31(59-3)17-13-29)30-14-18-32(60-4)19-15-30/h6-20,23-25,35,39,41,44H,5,21-22,26H2,1-4H3,(H,49,57)(H,53,54)(H,48,52,58)/t35-,39-,41-,44-/m1/s1. The van der Waals surface area contributed by atoms with Gasteiger partial charge in [-0.15, -0.1) is 0 Å². The smallest absolute Gasteiger partial charge is 0.330 e. The van der Waals surface area contributed by atoms with Gasteiger partial charge in [0.1, 0.15) is 40.5 Å². The molecule has 0 saturated carbocycles. The number of fused-ring (bicyclic) bond motifs is 1. The molecule has 0 aliphatic carbocycles. The maximum Gasteiger partial charge on any atom is 0.330 e. The lowest BCUT2D eigenvalue weighted by Gasteiger charge is -2.37. The molecule has 326 valence electrons. The van der Waals surface area contributed by atoms with Crippen molar-refractivity contribution in [3.05, 3.63) is 168 Å². The van der Waals surface area contributed by atoms with E-state index in [9.17, 15) is 33.9 Å². The fourth-order valence-corrected chi connectivity index (χ4v) is 7.73. The van der Waals surface area contributed by atoms with Gasteiger partial charge in [-0.25, -0.2) is 9.78 Å². The first-order chi connectivity index (χ1) is 30.4. The summed E-state index contributed by atoms with van der Waals surface area (Å²) in [5.41, 5.74) is -0.919. The van der Waals surface area contributed by atoms with Crippen LogP contribution in [0.1, 0.15) is 58.7 Å². The normalized spacial score (nSPS) is 17.3. The van der Waals surface area contributed by atoms with E-state index in [1.807, 2.05) is 61.5 Å². The topological polar surface area (TPSA) is 219 Å². The lowest BCUT2D eigenvalue weighted by Crippen LogP contribution is -2.51. The highest BCUT2D eigenvalue weighted by Crippen LogP contribution is 2.43. The number of rotatable bonds is 16. The van der Waals surface area contributed by atoms with Crippen LogP contribution in [0.5, 0.6) is 11.5 Å². The van der Waals surface area contributed by atoms with Gasteiger partial charge >= 0.3 is 17.6 Å². The van der Waals surface area contributed by atoms with Crippen molar-refractivity contribution in [1.29, 1.82) is 0 Å². The number of carboxylic acids is 1. The molecule has 1 saturated heterocycles. The van der Waals surface area contributed by atoms with Gasteiger partial charge in [0, 0.05) is 30.7 Å². The van der Waals surface area contributed by atoms with Gasteiger partial charge in [-0.3, -0.25) is 33.5 Å². The lowest BCUT2D eigenvalue weighted by atomic mass is 9.80. The number of H-pyrrole nitrogens is 1. The number of nitrogens with zero attached hydrogens (tertiary/aromatic N) is 3. The summed E-state index contributed by atoms with van der Waals surface area (Å²) < 4.78 is 33.3. The van der Waals surface area contributed by atoms with Gasteiger partial charge in [0.05, 0.1) is 39.1 Å². The van der Waals surface area contributed by atoms with Crippen LogP contribution in [0.4, 0.5) is 0 Å². The largest absolute Gasteiger partial charge is 0.497 e. The molecule has 3 N–H and O–H groups in total. The van der Waals surface area contributed by atoms with Gasteiger partial charge in [0.25, 0.3) is 11.5 Å². The van der Waals surface area contributed by atoms with Crippen LogP contribution in [0.3, 0.4) is 0 Å². The van der Waals surface area contributed by atoms with Crippen molar-refractivity contribution in [2.24, 2.45) is 0 Å². The van der Waals surface area contributed by atoms with Gasteiger partial charge in [-0.1, -0.05) is 54.6 Å². The van der Waals surface area contributed by atoms with Crippen molar-refractivity contribution in [2.45, 2.75) is 63.3 Å². The number of hydrogen-bond acceptors (Lipinski definition) is 12. The molecule has 1 aliphatic heterocycles. The number of methoxy groups -OCH3 is 2. The van der Waals surface area contributed by atoms with E-state index < -0.39 is 77.4 Å². The molecule has 4 heterocycles. The summed E-state index contributed by atoms with van der Waals surface area (Å²) in [7, 11) is 3.09. The quantitative estimate of drug-likeness (QED) is 0.0925. The number of aryl methyl sites for hydroxylation is 2. The number of carbonyl (C=O) groups excluding carboxylic acids is 2. The monoisotopic (exact) mass is 859 g/mol. The number of carboxylic acid groups (broad SMARTS) is 1. The molecule has 63 heavy (non-hydrogen) atoms. The number of aromatic nitrogens is 4. The Morgan fingerprint density at radius 1 is 0.857 bits per heavy atom. The Hall–Kier alpha value is -7.37. The Labute approximate surface area is 359 Å². The average molecular weight is 860 g/mol. The van der Waals surface area contributed by atoms with Gasteiger partial charge in [0.15, 0.2) is 12.3 Å². The van der Waals surface area contributed by atoms with E-state index in [1.165, 1.54) is 6.20 Å². The highest BCUT2D eigenvalue weighted by Gasteiger charge is 2.51. The minimum absolute atomic E-state index is 0.184. The molecule has 17 nitrogen and oxygen atoms in total. The summed E-state index contributed by atoms with van der Waals surface area (Å²) in [6, 6.07) is 26.6. The number of aromatic amines is 1. The first-order valence-corrected chi connectivity index (χ1v) is 20.0. The molecule has 6 aromatic rings. The molecular formula is C46H45N5O12. The summed E-state index contributed by atoms with van der Waals surface area (Å²) in [6.07, 6.45) is -2.82. The van der Waals surface area contributed by atoms with Crippen molar-refractivity contribution >= 4 is 28.9 Å². The first kappa shape index (κ1) is 43.7. The fourth-order valence-electron chi connectivity index (χ4n) is 7.73. The third kappa shape index (κ3) is 9.01. The summed E-state index contributed by atoms with van der Waals surface area (Å²) in [4.78, 5) is 85.8. The molecule has 3 aromatic carbocycles. The Morgan fingerprint density at radius 2 is 1.49 bits per heavy atom. The van der Waals surface area contributed by atoms with E-state index in [0.29, 0.717) is 46.1 Å². The fraction of sp³-hybridized carbons (Fsp3) is 0.283. The second-order valence-electron chi connectivity index (χ2n) is 14.7. The third-order valence-electron chi connectivity index (χ3n) is 10.9. The number of amides is 1. The number of carbonyl (C=O) groups is 3. The van der Waals surface area contributed by atoms with E-state index in [0.717, 1.165) is 16.8 Å². The Bertz CT molecular complexity index is 2760. The summed E-state index contributed by atoms with van der Waals surface area (Å²) in [5.74, 6) is -1.94. The molecule has 4 atom stereocenters. The number of pyridine rings is 2. The number of ether oxygens (including phenoxy) is 5. The minimum atomic E-state index is -1.48. The van der Waals surface area contributed by atoms with Crippen molar-refractivity contribution in [1.82, 2.24) is 24.4 Å². The van der Waals surface area contributed by atoms with E-state index >= 15 is 0 Å². The zero-order valence-corrected chi connectivity index (χ0v) is 34.8. The van der Waals surface area contributed by atoms with Crippen LogP contribution in [0.25, 0.3) is 11.0 Å². The van der Waals surface area contributed by atoms with Crippen molar-refractivity contribution < 1.29 is 43.2 Å². The predicted octanol–water partition coefficient (Wildman–Crippen LogP) is 4.07. The van der Waals surface area contributed by atoms with Crippen LogP contribution < -0.4 is 31.5 Å². The molecule has 0 bridgehead atoms. The summed E-state index contributed by atoms with van der Waals surface area (Å²) in [6.45, 7) is 3.57. The maximum absolute atomic E-state index is 14.4. The average Bonchev–Trinajstić information content (AvgIpc) is 3.61. The molecule has 0 radical (unpaired) electrons. The number of benzene rings is 3. The molecule has 17 heteroatoms. The third-order valence-corrected chi connectivity index (χ3v) is 10.9. The van der Waals surface area contributed by atoms with Crippen LogP contribution in [-0.4, -0.2) is 81.1 Å². The number of hydrogen-bond donors (Lipinski definition) is 3. The number of aliphatic carboxylic acids is 1. The van der Waals surface area contributed by atoms with Gasteiger partial charge in [0.2, 0.25) is 5.43 Å². The van der Waals surface area contributed by atoms with Gasteiger partial charge in [-0.05, 0) is 66.9 Å². The van der Waals surface area contributed by atoms with Gasteiger partial charge < -0.3 is 38.7 Å². The van der Waals surface area contributed by atoms with E-state index in [2.05, 4.69) is 15.3 Å². The SMILES string of the molecule is CCn1cc(C(=O)N[C@@H]2[C@H](OC(=O)CCC(=O)O)[C@@H](COC(c3ccccc3)(c3ccc(OC)cc3)c3ccc(OC)cc3)O[C@H]2n2ccc(=O)[nH]c2=O)c(=O)c2ccc(C)nc21. The molecule has 1 amide bonds. The van der Waals surface area contributed by atoms with Crippen LogP contribution in [0.2, 0.25) is 0 Å². The first-order valence-electron chi connectivity index (χ1n) is 20.0. The minimum Gasteiger partial charge on any atom is -0.497 e. The molecule has 0 unspecified atom stereocenters. The van der Waals surface area contributed by atoms with E-state index in [4.69, 9.17) is 23.7 Å². The van der Waals surface area contributed by atoms with Crippen LogP contribution in [0.15, 0.2) is 124 Å². The Morgan fingerprint density at radius 3 is 2.08 bits per heavy atom. The maximum atomic E-state index is 14.4. The van der Waals surface area contributed by atoms with E-state index in [1.54, 1.807) is 62.1 Å². The highest BCUT2D eigenvalue weighted by molar-refractivity contribution is 5.97. The molecule has 1 fully saturated rings. The summed E-state index contributed by atoms with van der Waals surface area (Å²) in [5, 5.41) is 12.4. The molecule has 1 aliphatic rings. The molecular weight excluding hydrogens is 815 g/mol. The van der Waals surface area contributed by atoms with Crippen LogP contribution in [0, 0.1) is 6.92 Å².